The van der Waals surface area contributed by atoms with Gasteiger partial charge < -0.3 is 40.3 Å². The summed E-state index contributed by atoms with van der Waals surface area (Å²) in [6.07, 6.45) is 26.6. The van der Waals surface area contributed by atoms with Gasteiger partial charge in [-0.3, -0.25) is 9.35 Å². The van der Waals surface area contributed by atoms with Crippen molar-refractivity contribution in [2.45, 2.75) is 217 Å². The molecule has 1 saturated heterocycles. The molecule has 1 aliphatic rings. The Balaban J connectivity index is 2.68. The van der Waals surface area contributed by atoms with Crippen LogP contribution in [0.1, 0.15) is 168 Å². The van der Waals surface area contributed by atoms with Crippen molar-refractivity contribution in [2.24, 2.45) is 0 Å². The van der Waals surface area contributed by atoms with E-state index in [1.807, 2.05) is 0 Å². The van der Waals surface area contributed by atoms with Gasteiger partial charge in [-0.2, -0.15) is 8.42 Å². The van der Waals surface area contributed by atoms with Crippen molar-refractivity contribution in [3.05, 3.63) is 36.5 Å². The third kappa shape index (κ3) is 26.9. The average Bonchev–Trinajstić information content (AvgIpc) is 3.18. The van der Waals surface area contributed by atoms with Crippen molar-refractivity contribution >= 4 is 16.3 Å². The SMILES string of the molecule is CCCCCCCC/C=C/CC/C=C/CC/C=C/C(O)C(COC1OC(CO)C(O)C(OS(=O)(=O)O)C1O)NC(=O)C(O)CCCCCCCCCCCCCC. The molecule has 1 amide bonds. The molecule has 57 heavy (non-hydrogen) atoms. The maximum atomic E-state index is 13.1. The second-order valence-corrected chi connectivity index (χ2v) is 16.5. The number of allylic oxidation sites excluding steroid dienone is 5. The van der Waals surface area contributed by atoms with E-state index in [1.165, 1.54) is 96.0 Å². The summed E-state index contributed by atoms with van der Waals surface area (Å²) in [6, 6.07) is -1.14. The van der Waals surface area contributed by atoms with Crippen LogP contribution in [0.5, 0.6) is 0 Å². The third-order valence-corrected chi connectivity index (χ3v) is 10.7. The molecule has 0 aromatic carbocycles. The molecule has 1 fully saturated rings. The van der Waals surface area contributed by atoms with Crippen LogP contribution in [0.3, 0.4) is 0 Å². The standard InChI is InChI=1S/C43H79NO12S/c1-3-5-7-9-11-13-15-17-18-19-20-22-23-25-27-29-31-36(46)35(34-54-43-40(49)41(56-57(51,52)53)39(48)38(33-45)55-43)44-42(50)37(47)32-30-28-26-24-21-16-14-12-10-8-6-4-2/h17-18,22-23,29,31,35-41,43,45-49H,3-16,19-21,24-28,30,32-34H2,1-2H3,(H,44,50)(H,51,52,53)/b18-17+,23-22+,31-29+. The highest BCUT2D eigenvalue weighted by Crippen LogP contribution is 2.26. The Bertz CT molecular complexity index is 1180. The number of unbranched alkanes of at least 4 members (excludes halogenated alkanes) is 19. The zero-order valence-corrected chi connectivity index (χ0v) is 35.8. The highest BCUT2D eigenvalue weighted by molar-refractivity contribution is 7.80. The third-order valence-electron chi connectivity index (χ3n) is 10.3. The Kier molecular flexibility index (Phi) is 31.8. The summed E-state index contributed by atoms with van der Waals surface area (Å²) < 4.78 is 47.4. The zero-order valence-electron chi connectivity index (χ0n) is 35.0. The number of hydrogen-bond donors (Lipinski definition) is 7. The molecule has 1 heterocycles. The van der Waals surface area contributed by atoms with Gasteiger partial charge in [0, 0.05) is 0 Å². The van der Waals surface area contributed by atoms with Crippen molar-refractivity contribution in [3.63, 3.8) is 0 Å². The van der Waals surface area contributed by atoms with Crippen molar-refractivity contribution < 1.29 is 57.0 Å². The van der Waals surface area contributed by atoms with Crippen LogP contribution >= 0.6 is 0 Å². The normalized spacial score (nSPS) is 22.1. The highest BCUT2D eigenvalue weighted by Gasteiger charge is 2.48. The van der Waals surface area contributed by atoms with E-state index in [2.05, 4.69) is 47.7 Å². The molecule has 0 aliphatic carbocycles. The molecule has 0 radical (unpaired) electrons. The Morgan fingerprint density at radius 3 is 1.68 bits per heavy atom. The van der Waals surface area contributed by atoms with Gasteiger partial charge in [-0.05, 0) is 44.9 Å². The second kappa shape index (κ2) is 34.0. The van der Waals surface area contributed by atoms with Gasteiger partial charge in [-0.25, -0.2) is 4.18 Å². The number of ether oxygens (including phenoxy) is 2. The first kappa shape index (κ1) is 53.3. The van der Waals surface area contributed by atoms with Gasteiger partial charge >= 0.3 is 10.4 Å². The van der Waals surface area contributed by atoms with E-state index >= 15 is 0 Å². The predicted octanol–water partition coefficient (Wildman–Crippen LogP) is 6.91. The lowest BCUT2D eigenvalue weighted by Gasteiger charge is -2.41. The summed E-state index contributed by atoms with van der Waals surface area (Å²) in [6.45, 7) is 3.16. The number of hydrogen-bond acceptors (Lipinski definition) is 11. The Morgan fingerprint density at radius 2 is 1.18 bits per heavy atom. The summed E-state index contributed by atoms with van der Waals surface area (Å²) >= 11 is 0. The fraction of sp³-hybridized carbons (Fsp3) is 0.837. The number of nitrogens with one attached hydrogen (secondary N) is 1. The molecule has 0 aromatic heterocycles. The summed E-state index contributed by atoms with van der Waals surface area (Å²) in [4.78, 5) is 13.1. The van der Waals surface area contributed by atoms with Crippen LogP contribution in [0.4, 0.5) is 0 Å². The summed E-state index contributed by atoms with van der Waals surface area (Å²) in [7, 11) is -5.12. The van der Waals surface area contributed by atoms with Crippen LogP contribution in [0.25, 0.3) is 0 Å². The lowest BCUT2D eigenvalue weighted by atomic mass is 9.99. The van der Waals surface area contributed by atoms with Gasteiger partial charge in [0.15, 0.2) is 6.29 Å². The van der Waals surface area contributed by atoms with E-state index in [0.29, 0.717) is 12.8 Å². The van der Waals surface area contributed by atoms with Gasteiger partial charge in [-0.15, -0.1) is 0 Å². The molecule has 0 saturated carbocycles. The number of rotatable bonds is 36. The monoisotopic (exact) mass is 834 g/mol. The number of carbonyl (C=O) groups excluding carboxylic acids is 1. The number of aliphatic hydroxyl groups is 5. The van der Waals surface area contributed by atoms with Gasteiger partial charge in [0.25, 0.3) is 0 Å². The first-order valence-electron chi connectivity index (χ1n) is 22.0. The van der Waals surface area contributed by atoms with Crippen LogP contribution in [-0.4, -0.2) is 107 Å². The molecular formula is C43H79NO12S. The maximum absolute atomic E-state index is 13.1. The lowest BCUT2D eigenvalue weighted by molar-refractivity contribution is -0.298. The van der Waals surface area contributed by atoms with Gasteiger partial charge in [-0.1, -0.05) is 159 Å². The topological polar surface area (TPSA) is 212 Å². The smallest absolute Gasteiger partial charge is 0.394 e. The first-order valence-corrected chi connectivity index (χ1v) is 23.3. The molecule has 0 spiro atoms. The number of amides is 1. The fourth-order valence-corrected chi connectivity index (χ4v) is 7.23. The van der Waals surface area contributed by atoms with Crippen LogP contribution in [-0.2, 0) is 28.9 Å². The lowest BCUT2D eigenvalue weighted by Crippen LogP contribution is -2.61. The molecule has 0 aromatic rings. The second-order valence-electron chi connectivity index (χ2n) is 15.4. The molecular weight excluding hydrogens is 755 g/mol. The molecule has 13 nitrogen and oxygen atoms in total. The molecule has 334 valence electrons. The Morgan fingerprint density at radius 1 is 0.702 bits per heavy atom. The van der Waals surface area contributed by atoms with Crippen molar-refractivity contribution in [3.8, 4) is 0 Å². The Labute approximate surface area is 344 Å². The molecule has 14 heteroatoms. The number of aliphatic hydroxyl groups excluding tert-OH is 5. The average molecular weight is 834 g/mol. The molecule has 8 unspecified atom stereocenters. The van der Waals surface area contributed by atoms with Crippen LogP contribution in [0, 0.1) is 0 Å². The van der Waals surface area contributed by atoms with E-state index in [4.69, 9.17) is 14.0 Å². The van der Waals surface area contributed by atoms with E-state index in [1.54, 1.807) is 6.08 Å². The summed E-state index contributed by atoms with van der Waals surface area (Å²) in [5.41, 5.74) is 0. The quantitative estimate of drug-likeness (QED) is 0.0195. The minimum absolute atomic E-state index is 0.235. The highest BCUT2D eigenvalue weighted by atomic mass is 32.3. The van der Waals surface area contributed by atoms with Gasteiger partial charge in [0.2, 0.25) is 5.91 Å². The van der Waals surface area contributed by atoms with Gasteiger partial charge in [0.05, 0.1) is 25.4 Å². The largest absolute Gasteiger partial charge is 0.397 e. The van der Waals surface area contributed by atoms with E-state index < -0.39 is 78.5 Å². The zero-order chi connectivity index (χ0) is 42.2. The van der Waals surface area contributed by atoms with Crippen LogP contribution < -0.4 is 5.32 Å². The molecule has 1 rings (SSSR count). The first-order chi connectivity index (χ1) is 27.4. The summed E-state index contributed by atoms with van der Waals surface area (Å²) in [5.74, 6) is -0.718. The Hall–Kier alpha value is -1.72. The van der Waals surface area contributed by atoms with E-state index in [-0.39, 0.29) is 6.42 Å². The molecule has 0 bridgehead atoms. The van der Waals surface area contributed by atoms with E-state index in [0.717, 1.165) is 44.9 Å². The van der Waals surface area contributed by atoms with Crippen LogP contribution in [0.2, 0.25) is 0 Å². The van der Waals surface area contributed by atoms with Crippen molar-refractivity contribution in [2.75, 3.05) is 13.2 Å². The van der Waals surface area contributed by atoms with Crippen LogP contribution in [0.15, 0.2) is 36.5 Å². The maximum Gasteiger partial charge on any atom is 0.397 e. The fourth-order valence-electron chi connectivity index (χ4n) is 6.73. The molecule has 1 aliphatic heterocycles. The minimum atomic E-state index is -5.12. The summed E-state index contributed by atoms with van der Waals surface area (Å²) in [5, 5.41) is 55.0. The van der Waals surface area contributed by atoms with Gasteiger partial charge in [0.1, 0.15) is 30.5 Å². The molecule has 7 N–H and O–H groups in total. The van der Waals surface area contributed by atoms with Crippen molar-refractivity contribution in [1.29, 1.82) is 0 Å². The number of carbonyl (C=O) groups is 1. The van der Waals surface area contributed by atoms with E-state index in [9.17, 15) is 38.7 Å². The van der Waals surface area contributed by atoms with Crippen molar-refractivity contribution in [1.82, 2.24) is 5.32 Å². The molecule has 8 atom stereocenters. The minimum Gasteiger partial charge on any atom is -0.394 e. The predicted molar refractivity (Wildman–Crippen MR) is 224 cm³/mol.